The number of nitrogens with two attached hydrogens (primary N) is 1. The maximum atomic E-state index is 5.78. The van der Waals surface area contributed by atoms with Crippen molar-refractivity contribution in [3.05, 3.63) is 23.6 Å². The van der Waals surface area contributed by atoms with Gasteiger partial charge in [0.1, 0.15) is 6.26 Å². The zero-order chi connectivity index (χ0) is 9.54. The second-order valence-corrected chi connectivity index (χ2v) is 3.85. The van der Waals surface area contributed by atoms with Crippen molar-refractivity contribution in [3.8, 4) is 0 Å². The van der Waals surface area contributed by atoms with Crippen molar-refractivity contribution in [1.29, 1.82) is 0 Å². The van der Waals surface area contributed by atoms with Crippen LogP contribution in [0.3, 0.4) is 0 Å². The highest BCUT2D eigenvalue weighted by atomic mass is 16.3. The molecule has 0 fully saturated rings. The van der Waals surface area contributed by atoms with E-state index in [-0.39, 0.29) is 0 Å². The number of hydrogen-bond acceptors (Lipinski definition) is 3. The van der Waals surface area contributed by atoms with E-state index in [9.17, 15) is 0 Å². The Balaban J connectivity index is 2.29. The zero-order valence-corrected chi connectivity index (χ0v) is 7.92. The SMILES string of the molecule is Nc1coc2nc3c(cc12)CCCC3. The van der Waals surface area contributed by atoms with Gasteiger partial charge in [-0.2, -0.15) is 0 Å². The van der Waals surface area contributed by atoms with Crippen molar-refractivity contribution in [2.24, 2.45) is 0 Å². The first-order valence-corrected chi connectivity index (χ1v) is 5.00. The van der Waals surface area contributed by atoms with E-state index in [4.69, 9.17) is 10.2 Å². The van der Waals surface area contributed by atoms with Crippen LogP contribution < -0.4 is 5.73 Å². The molecular formula is C11H12N2O. The van der Waals surface area contributed by atoms with Gasteiger partial charge in [-0.05, 0) is 37.3 Å². The molecule has 3 nitrogen and oxygen atoms in total. The summed E-state index contributed by atoms with van der Waals surface area (Å²) in [4.78, 5) is 4.49. The van der Waals surface area contributed by atoms with Crippen molar-refractivity contribution in [2.75, 3.05) is 5.73 Å². The van der Waals surface area contributed by atoms with E-state index >= 15 is 0 Å². The highest BCUT2D eigenvalue weighted by Gasteiger charge is 2.14. The maximum absolute atomic E-state index is 5.78. The average Bonchev–Trinajstić information content (AvgIpc) is 2.57. The number of aromatic nitrogens is 1. The summed E-state index contributed by atoms with van der Waals surface area (Å²) in [6, 6.07) is 2.13. The Morgan fingerprint density at radius 3 is 3.07 bits per heavy atom. The molecule has 1 aliphatic carbocycles. The number of hydrogen-bond donors (Lipinski definition) is 1. The molecule has 0 radical (unpaired) electrons. The summed E-state index contributed by atoms with van der Waals surface area (Å²) in [6.07, 6.45) is 6.28. The van der Waals surface area contributed by atoms with Gasteiger partial charge in [0.15, 0.2) is 0 Å². The van der Waals surface area contributed by atoms with Crippen molar-refractivity contribution in [1.82, 2.24) is 4.98 Å². The lowest BCUT2D eigenvalue weighted by Gasteiger charge is -2.13. The van der Waals surface area contributed by atoms with Crippen molar-refractivity contribution >= 4 is 16.8 Å². The van der Waals surface area contributed by atoms with Crippen molar-refractivity contribution in [3.63, 3.8) is 0 Å². The standard InChI is InChI=1S/C11H12N2O/c12-9-6-14-11-8(9)5-7-3-1-2-4-10(7)13-11/h5-6H,1-4,12H2. The lowest BCUT2D eigenvalue weighted by molar-refractivity contribution is 0.595. The number of furan rings is 1. The van der Waals surface area contributed by atoms with E-state index in [0.29, 0.717) is 11.4 Å². The van der Waals surface area contributed by atoms with Gasteiger partial charge in [-0.15, -0.1) is 0 Å². The van der Waals surface area contributed by atoms with Crippen LogP contribution in [0.15, 0.2) is 16.7 Å². The second kappa shape index (κ2) is 2.74. The molecule has 0 aromatic carbocycles. The molecule has 3 rings (SSSR count). The Kier molecular flexibility index (Phi) is 1.54. The van der Waals surface area contributed by atoms with Gasteiger partial charge in [0.05, 0.1) is 11.1 Å². The van der Waals surface area contributed by atoms with Gasteiger partial charge < -0.3 is 10.2 Å². The number of nitrogens with zero attached hydrogens (tertiary/aromatic N) is 1. The third-order valence-electron chi connectivity index (χ3n) is 2.87. The second-order valence-electron chi connectivity index (χ2n) is 3.85. The van der Waals surface area contributed by atoms with Crippen LogP contribution in [0.4, 0.5) is 5.69 Å². The van der Waals surface area contributed by atoms with Crippen LogP contribution in [0.2, 0.25) is 0 Å². The summed E-state index contributed by atoms with van der Waals surface area (Å²) in [5, 5.41) is 0.964. The lowest BCUT2D eigenvalue weighted by Crippen LogP contribution is -2.04. The molecule has 0 saturated carbocycles. The van der Waals surface area contributed by atoms with Gasteiger partial charge in [0, 0.05) is 5.69 Å². The first-order chi connectivity index (χ1) is 6.84. The predicted octanol–water partition coefficient (Wildman–Crippen LogP) is 2.29. The lowest BCUT2D eigenvalue weighted by atomic mass is 9.95. The third-order valence-corrected chi connectivity index (χ3v) is 2.87. The molecule has 2 N–H and O–H groups in total. The summed E-state index contributed by atoms with van der Waals surface area (Å²) in [5.74, 6) is 0. The summed E-state index contributed by atoms with van der Waals surface area (Å²) in [5.41, 5.74) is 9.69. The highest BCUT2D eigenvalue weighted by Crippen LogP contribution is 2.27. The zero-order valence-electron chi connectivity index (χ0n) is 7.92. The molecule has 2 heterocycles. The topological polar surface area (TPSA) is 52.0 Å². The largest absolute Gasteiger partial charge is 0.444 e. The van der Waals surface area contributed by atoms with E-state index < -0.39 is 0 Å². The number of nitrogen functional groups attached to an aromatic ring is 1. The van der Waals surface area contributed by atoms with E-state index in [1.54, 1.807) is 6.26 Å². The number of aryl methyl sites for hydroxylation is 2. The monoisotopic (exact) mass is 188 g/mol. The molecule has 14 heavy (non-hydrogen) atoms. The fourth-order valence-electron chi connectivity index (χ4n) is 2.09. The molecule has 0 atom stereocenters. The Morgan fingerprint density at radius 1 is 1.29 bits per heavy atom. The predicted molar refractivity (Wildman–Crippen MR) is 55.1 cm³/mol. The van der Waals surface area contributed by atoms with Crippen LogP contribution in [0.1, 0.15) is 24.1 Å². The molecule has 0 saturated heterocycles. The molecule has 0 unspecified atom stereocenters. The van der Waals surface area contributed by atoms with Crippen molar-refractivity contribution < 1.29 is 4.42 Å². The smallest absolute Gasteiger partial charge is 0.228 e. The number of rotatable bonds is 0. The maximum Gasteiger partial charge on any atom is 0.228 e. The van der Waals surface area contributed by atoms with E-state index in [1.165, 1.54) is 24.1 Å². The quantitative estimate of drug-likeness (QED) is 0.690. The molecular weight excluding hydrogens is 176 g/mol. The molecule has 0 spiro atoms. The minimum atomic E-state index is 0.683. The minimum absolute atomic E-state index is 0.683. The molecule has 2 aromatic rings. The van der Waals surface area contributed by atoms with Gasteiger partial charge in [0.2, 0.25) is 5.71 Å². The molecule has 3 heteroatoms. The van der Waals surface area contributed by atoms with Crippen LogP contribution in [0.5, 0.6) is 0 Å². The van der Waals surface area contributed by atoms with Crippen LogP contribution >= 0.6 is 0 Å². The fraction of sp³-hybridized carbons (Fsp3) is 0.364. The van der Waals surface area contributed by atoms with Crippen LogP contribution in [-0.2, 0) is 12.8 Å². The Hall–Kier alpha value is -1.51. The normalized spacial score (nSPS) is 15.7. The van der Waals surface area contributed by atoms with E-state index in [0.717, 1.165) is 18.2 Å². The van der Waals surface area contributed by atoms with Crippen LogP contribution in [0.25, 0.3) is 11.1 Å². The number of anilines is 1. The molecule has 0 aliphatic heterocycles. The fourth-order valence-corrected chi connectivity index (χ4v) is 2.09. The third kappa shape index (κ3) is 1.02. The first kappa shape index (κ1) is 7.85. The Morgan fingerprint density at radius 2 is 2.14 bits per heavy atom. The van der Waals surface area contributed by atoms with Gasteiger partial charge in [-0.25, -0.2) is 4.98 Å². The van der Waals surface area contributed by atoms with Gasteiger partial charge in [-0.3, -0.25) is 0 Å². The Labute approximate surface area is 81.9 Å². The van der Waals surface area contributed by atoms with Crippen LogP contribution in [0, 0.1) is 0 Å². The molecule has 72 valence electrons. The average molecular weight is 188 g/mol. The minimum Gasteiger partial charge on any atom is -0.444 e. The Bertz CT molecular complexity index is 487. The van der Waals surface area contributed by atoms with Crippen molar-refractivity contribution in [2.45, 2.75) is 25.7 Å². The van der Waals surface area contributed by atoms with Gasteiger partial charge in [0.25, 0.3) is 0 Å². The number of fused-ring (bicyclic) bond motifs is 2. The summed E-state index contributed by atoms with van der Waals surface area (Å²) in [6.45, 7) is 0. The van der Waals surface area contributed by atoms with Gasteiger partial charge >= 0.3 is 0 Å². The molecule has 0 amide bonds. The van der Waals surface area contributed by atoms with E-state index in [2.05, 4.69) is 11.1 Å². The molecule has 1 aliphatic rings. The summed E-state index contributed by atoms with van der Waals surface area (Å²) in [7, 11) is 0. The highest BCUT2D eigenvalue weighted by molar-refractivity contribution is 5.87. The molecule has 0 bridgehead atoms. The number of pyridine rings is 1. The summed E-state index contributed by atoms with van der Waals surface area (Å²) < 4.78 is 5.28. The molecule has 2 aromatic heterocycles. The van der Waals surface area contributed by atoms with Gasteiger partial charge in [-0.1, -0.05) is 0 Å². The first-order valence-electron chi connectivity index (χ1n) is 5.00. The van der Waals surface area contributed by atoms with E-state index in [1.807, 2.05) is 0 Å². The summed E-state index contributed by atoms with van der Waals surface area (Å²) >= 11 is 0. The van der Waals surface area contributed by atoms with Crippen LogP contribution in [-0.4, -0.2) is 4.98 Å².